The van der Waals surface area contributed by atoms with Crippen LogP contribution >= 0.6 is 12.2 Å². The molecule has 3 heteroatoms. The smallest absolute Gasteiger partial charge is 0.123 e. The van der Waals surface area contributed by atoms with Crippen LogP contribution in [0.3, 0.4) is 0 Å². The van der Waals surface area contributed by atoms with Gasteiger partial charge in [0.15, 0.2) is 0 Å². The van der Waals surface area contributed by atoms with Gasteiger partial charge in [0.1, 0.15) is 5.82 Å². The molecule has 0 saturated heterocycles. The van der Waals surface area contributed by atoms with E-state index in [0.29, 0.717) is 4.99 Å². The molecule has 0 fully saturated rings. The van der Waals surface area contributed by atoms with E-state index in [0.717, 1.165) is 12.0 Å². The average Bonchev–Trinajstić information content (AvgIpc) is 2.08. The van der Waals surface area contributed by atoms with Gasteiger partial charge in [0.2, 0.25) is 0 Å². The molecule has 1 aromatic carbocycles. The highest BCUT2D eigenvalue weighted by Crippen LogP contribution is 2.09. The van der Waals surface area contributed by atoms with Gasteiger partial charge in [-0.05, 0) is 24.1 Å². The van der Waals surface area contributed by atoms with Gasteiger partial charge >= 0.3 is 0 Å². The third kappa shape index (κ3) is 3.11. The number of hydrogen-bond acceptors (Lipinski definition) is 1. The summed E-state index contributed by atoms with van der Waals surface area (Å²) >= 11 is 4.85. The van der Waals surface area contributed by atoms with Crippen molar-refractivity contribution in [3.63, 3.8) is 0 Å². The number of halogens is 1. The van der Waals surface area contributed by atoms with E-state index in [-0.39, 0.29) is 11.7 Å². The van der Waals surface area contributed by atoms with Gasteiger partial charge < -0.3 is 5.73 Å². The Morgan fingerprint density at radius 2 is 2.00 bits per heavy atom. The first kappa shape index (κ1) is 10.1. The highest BCUT2D eigenvalue weighted by Gasteiger charge is 2.05. The molecule has 0 bridgehead atoms. The molecule has 0 saturated carbocycles. The van der Waals surface area contributed by atoms with Crippen LogP contribution in [0.2, 0.25) is 0 Å². The lowest BCUT2D eigenvalue weighted by Gasteiger charge is -2.08. The minimum atomic E-state index is -0.216. The topological polar surface area (TPSA) is 26.0 Å². The average molecular weight is 197 g/mol. The lowest BCUT2D eigenvalue weighted by molar-refractivity contribution is 0.626. The molecule has 70 valence electrons. The Morgan fingerprint density at radius 1 is 1.46 bits per heavy atom. The van der Waals surface area contributed by atoms with E-state index in [9.17, 15) is 4.39 Å². The van der Waals surface area contributed by atoms with E-state index >= 15 is 0 Å². The quantitative estimate of drug-likeness (QED) is 0.752. The Morgan fingerprint density at radius 3 is 2.46 bits per heavy atom. The van der Waals surface area contributed by atoms with Crippen LogP contribution in [-0.2, 0) is 6.42 Å². The van der Waals surface area contributed by atoms with Gasteiger partial charge in [0.25, 0.3) is 0 Å². The van der Waals surface area contributed by atoms with Gasteiger partial charge in [-0.25, -0.2) is 4.39 Å². The Balaban J connectivity index is 2.64. The molecule has 1 nitrogen and oxygen atoms in total. The molecule has 0 aromatic heterocycles. The van der Waals surface area contributed by atoms with Crippen molar-refractivity contribution in [1.29, 1.82) is 0 Å². The Labute approximate surface area is 82.8 Å². The SMILES string of the molecule is CC(Cc1ccc(F)cc1)C(N)=S. The van der Waals surface area contributed by atoms with Crippen molar-refractivity contribution >= 4 is 17.2 Å². The summed E-state index contributed by atoms with van der Waals surface area (Å²) in [6.07, 6.45) is 0.773. The van der Waals surface area contributed by atoms with E-state index in [1.54, 1.807) is 12.1 Å². The monoisotopic (exact) mass is 197 g/mol. The normalized spacial score (nSPS) is 12.5. The number of nitrogens with two attached hydrogens (primary N) is 1. The highest BCUT2D eigenvalue weighted by molar-refractivity contribution is 7.80. The lowest BCUT2D eigenvalue weighted by atomic mass is 10.0. The standard InChI is InChI=1S/C10H12FNS/c1-7(10(12)13)6-8-2-4-9(11)5-3-8/h2-5,7H,6H2,1H3,(H2,12,13). The molecule has 0 aliphatic rings. The lowest BCUT2D eigenvalue weighted by Crippen LogP contribution is -2.20. The summed E-state index contributed by atoms with van der Waals surface area (Å²) < 4.78 is 12.5. The molecule has 1 aromatic rings. The molecule has 1 atom stereocenters. The van der Waals surface area contributed by atoms with E-state index in [1.165, 1.54) is 12.1 Å². The molecule has 0 aliphatic carbocycles. The van der Waals surface area contributed by atoms with Crippen molar-refractivity contribution < 1.29 is 4.39 Å². The third-order valence-corrected chi connectivity index (χ3v) is 2.34. The number of hydrogen-bond donors (Lipinski definition) is 1. The first-order valence-corrected chi connectivity index (χ1v) is 4.54. The van der Waals surface area contributed by atoms with E-state index in [1.807, 2.05) is 6.92 Å². The van der Waals surface area contributed by atoms with Gasteiger partial charge in [-0.3, -0.25) is 0 Å². The van der Waals surface area contributed by atoms with Crippen LogP contribution in [0, 0.1) is 11.7 Å². The zero-order chi connectivity index (χ0) is 9.84. The van der Waals surface area contributed by atoms with E-state index in [2.05, 4.69) is 0 Å². The minimum Gasteiger partial charge on any atom is -0.393 e. The second-order valence-electron chi connectivity index (χ2n) is 3.13. The van der Waals surface area contributed by atoms with Crippen LogP contribution in [0.25, 0.3) is 0 Å². The predicted octanol–water partition coefficient (Wildman–Crippen LogP) is 2.29. The molecule has 1 rings (SSSR count). The van der Waals surface area contributed by atoms with Crippen LogP contribution in [-0.4, -0.2) is 4.99 Å². The van der Waals surface area contributed by atoms with Gasteiger partial charge in [-0.2, -0.15) is 0 Å². The summed E-state index contributed by atoms with van der Waals surface area (Å²) in [4.78, 5) is 0.504. The number of rotatable bonds is 3. The van der Waals surface area contributed by atoms with Crippen molar-refractivity contribution in [2.45, 2.75) is 13.3 Å². The Bertz CT molecular complexity index is 294. The second-order valence-corrected chi connectivity index (χ2v) is 3.61. The molecule has 0 heterocycles. The van der Waals surface area contributed by atoms with Crippen molar-refractivity contribution in [2.24, 2.45) is 11.7 Å². The molecular formula is C10H12FNS. The predicted molar refractivity (Wildman–Crippen MR) is 56.1 cm³/mol. The zero-order valence-electron chi connectivity index (χ0n) is 7.46. The maximum Gasteiger partial charge on any atom is 0.123 e. The molecule has 2 N–H and O–H groups in total. The summed E-state index contributed by atoms with van der Waals surface area (Å²) in [5.74, 6) is -0.0489. The van der Waals surface area contributed by atoms with E-state index < -0.39 is 0 Å². The summed E-state index contributed by atoms with van der Waals surface area (Å²) in [5, 5.41) is 0. The van der Waals surface area contributed by atoms with Crippen molar-refractivity contribution in [2.75, 3.05) is 0 Å². The van der Waals surface area contributed by atoms with Crippen LogP contribution in [0.4, 0.5) is 4.39 Å². The first-order valence-electron chi connectivity index (χ1n) is 4.13. The third-order valence-electron chi connectivity index (χ3n) is 1.94. The van der Waals surface area contributed by atoms with Crippen LogP contribution in [0.1, 0.15) is 12.5 Å². The van der Waals surface area contributed by atoms with E-state index in [4.69, 9.17) is 18.0 Å². The maximum atomic E-state index is 12.5. The molecule has 0 amide bonds. The van der Waals surface area contributed by atoms with Crippen LogP contribution in [0.15, 0.2) is 24.3 Å². The highest BCUT2D eigenvalue weighted by atomic mass is 32.1. The van der Waals surface area contributed by atoms with Crippen molar-refractivity contribution in [3.05, 3.63) is 35.6 Å². The summed E-state index contributed by atoms with van der Waals surface area (Å²) in [5.41, 5.74) is 6.53. The van der Waals surface area contributed by atoms with Gasteiger partial charge in [0, 0.05) is 5.92 Å². The second kappa shape index (κ2) is 4.33. The first-order chi connectivity index (χ1) is 6.09. The number of thiocarbonyl (C=S) groups is 1. The Hall–Kier alpha value is -0.960. The number of benzene rings is 1. The maximum absolute atomic E-state index is 12.5. The van der Waals surface area contributed by atoms with Crippen LogP contribution in [0.5, 0.6) is 0 Å². The summed E-state index contributed by atoms with van der Waals surface area (Å²) in [7, 11) is 0. The fraction of sp³-hybridized carbons (Fsp3) is 0.300. The molecule has 1 unspecified atom stereocenters. The molecule has 0 radical (unpaired) electrons. The summed E-state index contributed by atoms with van der Waals surface area (Å²) in [6.45, 7) is 1.96. The fourth-order valence-corrected chi connectivity index (χ4v) is 1.16. The zero-order valence-corrected chi connectivity index (χ0v) is 8.27. The fourth-order valence-electron chi connectivity index (χ4n) is 1.07. The van der Waals surface area contributed by atoms with Crippen molar-refractivity contribution in [1.82, 2.24) is 0 Å². The summed E-state index contributed by atoms with van der Waals surface area (Å²) in [6, 6.07) is 6.40. The molecule has 0 spiro atoms. The Kier molecular flexibility index (Phi) is 3.37. The molecule has 0 aliphatic heterocycles. The van der Waals surface area contributed by atoms with Gasteiger partial charge in [-0.15, -0.1) is 0 Å². The largest absolute Gasteiger partial charge is 0.393 e. The van der Waals surface area contributed by atoms with Crippen molar-refractivity contribution in [3.8, 4) is 0 Å². The van der Waals surface area contributed by atoms with Gasteiger partial charge in [0.05, 0.1) is 4.99 Å². The minimum absolute atomic E-state index is 0.167. The molecular weight excluding hydrogens is 185 g/mol. The molecule has 13 heavy (non-hydrogen) atoms. The van der Waals surface area contributed by atoms with Crippen LogP contribution < -0.4 is 5.73 Å². The van der Waals surface area contributed by atoms with Gasteiger partial charge in [-0.1, -0.05) is 31.3 Å².